The van der Waals surface area contributed by atoms with Gasteiger partial charge in [-0.15, -0.1) is 0 Å². The second kappa shape index (κ2) is 9.33. The maximum atomic E-state index is 12.4. The molecule has 2 aliphatic rings. The first kappa shape index (κ1) is 19.1. The number of unbranched alkanes of at least 4 members (excludes halogenated alkanes) is 1. The van der Waals surface area contributed by atoms with Crippen molar-refractivity contribution < 1.29 is 9.53 Å². The summed E-state index contributed by atoms with van der Waals surface area (Å²) in [5, 5.41) is 4.06. The molecule has 0 spiro atoms. The molecule has 3 rings (SSSR count). The third-order valence-corrected chi connectivity index (χ3v) is 5.47. The van der Waals surface area contributed by atoms with Crippen LogP contribution in [0.5, 0.6) is 0 Å². The molecule has 1 aromatic carbocycles. The van der Waals surface area contributed by atoms with Gasteiger partial charge < -0.3 is 19.9 Å². The normalized spacial score (nSPS) is 20.3. The minimum absolute atomic E-state index is 0.142. The van der Waals surface area contributed by atoms with Crippen LogP contribution in [0.1, 0.15) is 38.2 Å². The Labute approximate surface area is 161 Å². The highest BCUT2D eigenvalue weighted by Crippen LogP contribution is 2.17. The highest BCUT2D eigenvalue weighted by atomic mass is 32.1. The standard InChI is InChI=1S/C20H29N3O2S/c1-2-3-5-16-7-9-17(10-8-16)21-20(26)23-13-11-22(12-14-23)19(24)18-6-4-15-25-18/h7-10,18H,2-6,11-15H2,1H3,(H,21,26)/t18-/m0/s1. The Morgan fingerprint density at radius 1 is 1.19 bits per heavy atom. The van der Waals surface area contributed by atoms with Gasteiger partial charge in [0, 0.05) is 38.5 Å². The molecule has 0 aromatic heterocycles. The summed E-state index contributed by atoms with van der Waals surface area (Å²) in [4.78, 5) is 16.5. The van der Waals surface area contributed by atoms with Crippen LogP contribution in [-0.4, -0.2) is 59.7 Å². The van der Waals surface area contributed by atoms with E-state index in [0.29, 0.717) is 19.7 Å². The molecule has 1 N–H and O–H groups in total. The van der Waals surface area contributed by atoms with Crippen LogP contribution in [-0.2, 0) is 16.0 Å². The molecule has 2 heterocycles. The van der Waals surface area contributed by atoms with Gasteiger partial charge >= 0.3 is 0 Å². The van der Waals surface area contributed by atoms with Crippen LogP contribution in [0.15, 0.2) is 24.3 Å². The van der Waals surface area contributed by atoms with Gasteiger partial charge in [-0.25, -0.2) is 0 Å². The molecule has 1 aromatic rings. The molecule has 0 aliphatic carbocycles. The summed E-state index contributed by atoms with van der Waals surface area (Å²) in [5.41, 5.74) is 2.39. The lowest BCUT2D eigenvalue weighted by Gasteiger charge is -2.37. The van der Waals surface area contributed by atoms with Crippen molar-refractivity contribution in [1.82, 2.24) is 9.80 Å². The summed E-state index contributed by atoms with van der Waals surface area (Å²) in [6.07, 6.45) is 5.18. The Hall–Kier alpha value is -1.66. The average molecular weight is 376 g/mol. The molecule has 1 amide bonds. The molecule has 26 heavy (non-hydrogen) atoms. The number of piperazine rings is 1. The molecular formula is C20H29N3O2S. The molecule has 142 valence electrons. The first-order chi connectivity index (χ1) is 12.7. The van der Waals surface area contributed by atoms with E-state index in [-0.39, 0.29) is 12.0 Å². The minimum atomic E-state index is -0.224. The van der Waals surface area contributed by atoms with Crippen molar-refractivity contribution in [3.8, 4) is 0 Å². The number of anilines is 1. The van der Waals surface area contributed by atoms with Gasteiger partial charge in [0.25, 0.3) is 5.91 Å². The molecule has 0 saturated carbocycles. The Kier molecular flexibility index (Phi) is 6.86. The summed E-state index contributed by atoms with van der Waals surface area (Å²) >= 11 is 5.56. The highest BCUT2D eigenvalue weighted by molar-refractivity contribution is 7.80. The van der Waals surface area contributed by atoms with E-state index in [1.807, 2.05) is 4.90 Å². The zero-order chi connectivity index (χ0) is 18.4. The fourth-order valence-electron chi connectivity index (χ4n) is 3.44. The van der Waals surface area contributed by atoms with E-state index < -0.39 is 0 Å². The molecular weight excluding hydrogens is 346 g/mol. The number of carbonyl (C=O) groups excluding carboxylic acids is 1. The maximum Gasteiger partial charge on any atom is 0.251 e. The van der Waals surface area contributed by atoms with Gasteiger partial charge in [0.05, 0.1) is 0 Å². The Balaban J connectivity index is 1.45. The first-order valence-corrected chi connectivity index (χ1v) is 10.1. The van der Waals surface area contributed by atoms with Gasteiger partial charge in [0.15, 0.2) is 5.11 Å². The van der Waals surface area contributed by atoms with Crippen molar-refractivity contribution in [2.75, 3.05) is 38.1 Å². The van der Waals surface area contributed by atoms with Crippen LogP contribution in [0, 0.1) is 0 Å². The number of rotatable bonds is 5. The second-order valence-electron chi connectivity index (χ2n) is 7.04. The van der Waals surface area contributed by atoms with Crippen molar-refractivity contribution in [3.05, 3.63) is 29.8 Å². The molecule has 0 radical (unpaired) electrons. The van der Waals surface area contributed by atoms with Crippen LogP contribution < -0.4 is 5.32 Å². The van der Waals surface area contributed by atoms with Crippen LogP contribution in [0.4, 0.5) is 5.69 Å². The number of ether oxygens (including phenoxy) is 1. The van der Waals surface area contributed by atoms with E-state index >= 15 is 0 Å². The lowest BCUT2D eigenvalue weighted by atomic mass is 10.1. The number of nitrogens with one attached hydrogen (secondary N) is 1. The molecule has 0 unspecified atom stereocenters. The highest BCUT2D eigenvalue weighted by Gasteiger charge is 2.30. The number of nitrogens with zero attached hydrogens (tertiary/aromatic N) is 2. The van der Waals surface area contributed by atoms with Crippen molar-refractivity contribution >= 4 is 28.9 Å². The van der Waals surface area contributed by atoms with Crippen LogP contribution in [0.25, 0.3) is 0 Å². The lowest BCUT2D eigenvalue weighted by Crippen LogP contribution is -2.53. The van der Waals surface area contributed by atoms with Gasteiger partial charge in [0.1, 0.15) is 6.10 Å². The number of hydrogen-bond acceptors (Lipinski definition) is 3. The first-order valence-electron chi connectivity index (χ1n) is 9.72. The number of thiocarbonyl (C=S) groups is 1. The molecule has 0 bridgehead atoms. The zero-order valence-electron chi connectivity index (χ0n) is 15.6. The molecule has 5 nitrogen and oxygen atoms in total. The van der Waals surface area contributed by atoms with Crippen molar-refractivity contribution in [2.24, 2.45) is 0 Å². The Morgan fingerprint density at radius 3 is 2.50 bits per heavy atom. The maximum absolute atomic E-state index is 12.4. The fourth-order valence-corrected chi connectivity index (χ4v) is 3.74. The van der Waals surface area contributed by atoms with Crippen LogP contribution in [0.2, 0.25) is 0 Å². The van der Waals surface area contributed by atoms with Gasteiger partial charge in [-0.1, -0.05) is 25.5 Å². The van der Waals surface area contributed by atoms with Crippen LogP contribution in [0.3, 0.4) is 0 Å². The smallest absolute Gasteiger partial charge is 0.251 e. The number of hydrogen-bond donors (Lipinski definition) is 1. The van der Waals surface area contributed by atoms with E-state index in [1.165, 1.54) is 18.4 Å². The van der Waals surface area contributed by atoms with Gasteiger partial charge in [-0.05, 0) is 55.6 Å². The summed E-state index contributed by atoms with van der Waals surface area (Å²) in [7, 11) is 0. The lowest BCUT2D eigenvalue weighted by molar-refractivity contribution is -0.142. The molecule has 6 heteroatoms. The molecule has 2 aliphatic heterocycles. The average Bonchev–Trinajstić information content (AvgIpc) is 3.22. The number of carbonyl (C=O) groups is 1. The Morgan fingerprint density at radius 2 is 1.88 bits per heavy atom. The minimum Gasteiger partial charge on any atom is -0.368 e. The Bertz CT molecular complexity index is 606. The largest absolute Gasteiger partial charge is 0.368 e. The van der Waals surface area contributed by atoms with Crippen LogP contribution >= 0.6 is 12.2 Å². The number of benzene rings is 1. The van der Waals surface area contributed by atoms with E-state index in [1.54, 1.807) is 0 Å². The third-order valence-electron chi connectivity index (χ3n) is 5.11. The topological polar surface area (TPSA) is 44.8 Å². The fraction of sp³-hybridized carbons (Fsp3) is 0.600. The SMILES string of the molecule is CCCCc1ccc(NC(=S)N2CCN(C(=O)[C@@H]3CCCO3)CC2)cc1. The number of aryl methyl sites for hydroxylation is 1. The van der Waals surface area contributed by atoms with E-state index in [4.69, 9.17) is 17.0 Å². The van der Waals surface area contributed by atoms with Crippen molar-refractivity contribution in [3.63, 3.8) is 0 Å². The summed E-state index contributed by atoms with van der Waals surface area (Å²) in [6, 6.07) is 8.51. The predicted octanol–water partition coefficient (Wildman–Crippen LogP) is 3.05. The summed E-state index contributed by atoms with van der Waals surface area (Å²) in [6.45, 7) is 5.86. The zero-order valence-corrected chi connectivity index (χ0v) is 16.4. The molecule has 1 atom stereocenters. The summed E-state index contributed by atoms with van der Waals surface area (Å²) < 4.78 is 5.51. The van der Waals surface area contributed by atoms with Crippen molar-refractivity contribution in [2.45, 2.75) is 45.1 Å². The number of amides is 1. The van der Waals surface area contributed by atoms with E-state index in [0.717, 1.165) is 43.2 Å². The monoisotopic (exact) mass is 375 g/mol. The molecule has 2 fully saturated rings. The van der Waals surface area contributed by atoms with E-state index in [9.17, 15) is 4.79 Å². The van der Waals surface area contributed by atoms with Gasteiger partial charge in [-0.2, -0.15) is 0 Å². The van der Waals surface area contributed by atoms with Gasteiger partial charge in [-0.3, -0.25) is 4.79 Å². The van der Waals surface area contributed by atoms with E-state index in [2.05, 4.69) is 41.4 Å². The molecule has 2 saturated heterocycles. The van der Waals surface area contributed by atoms with Crippen molar-refractivity contribution in [1.29, 1.82) is 0 Å². The quantitative estimate of drug-likeness (QED) is 0.802. The predicted molar refractivity (Wildman–Crippen MR) is 108 cm³/mol. The second-order valence-corrected chi connectivity index (χ2v) is 7.43. The van der Waals surface area contributed by atoms with Gasteiger partial charge in [0.2, 0.25) is 0 Å². The summed E-state index contributed by atoms with van der Waals surface area (Å²) in [5.74, 6) is 0.142. The third kappa shape index (κ3) is 4.95.